The minimum Gasteiger partial charge on any atom is -0.508 e. The number of phenolic OH excluding ortho intramolecular Hbond substituents is 1. The number of ether oxygens (including phenoxy) is 1. The van der Waals surface area contributed by atoms with Gasteiger partial charge in [-0.1, -0.05) is 13.0 Å². The number of aromatic hydroxyl groups is 1. The first kappa shape index (κ1) is 18.1. The van der Waals surface area contributed by atoms with Gasteiger partial charge in [0, 0.05) is 24.2 Å². The highest BCUT2D eigenvalue weighted by atomic mass is 16.5. The van der Waals surface area contributed by atoms with Crippen LogP contribution in [-0.4, -0.2) is 35.6 Å². The summed E-state index contributed by atoms with van der Waals surface area (Å²) < 4.78 is 5.79. The summed E-state index contributed by atoms with van der Waals surface area (Å²) >= 11 is 0. The highest BCUT2D eigenvalue weighted by Crippen LogP contribution is 2.26. The van der Waals surface area contributed by atoms with Crippen LogP contribution in [0.5, 0.6) is 11.5 Å². The number of carbonyl (C=O) groups is 1. The average molecular weight is 305 g/mol. The number of rotatable bonds is 6. The van der Waals surface area contributed by atoms with Gasteiger partial charge in [-0.25, -0.2) is 0 Å². The first-order valence-electron chi connectivity index (χ1n) is 7.66. The largest absolute Gasteiger partial charge is 0.508 e. The molecule has 4 nitrogen and oxygen atoms in total. The Morgan fingerprint density at radius 1 is 1.36 bits per heavy atom. The lowest BCUT2D eigenvalue weighted by molar-refractivity contribution is -0.127. The van der Waals surface area contributed by atoms with Gasteiger partial charge in [-0.2, -0.15) is 0 Å². The maximum absolute atomic E-state index is 12.4. The smallest absolute Gasteiger partial charge is 0.249 e. The molecule has 1 aromatic rings. The molecule has 0 aliphatic rings. The molecule has 1 amide bonds. The highest BCUT2D eigenvalue weighted by molar-refractivity contribution is 5.93. The van der Waals surface area contributed by atoms with E-state index in [0.717, 1.165) is 17.6 Å². The molecule has 0 radical (unpaired) electrons. The second-order valence-electron chi connectivity index (χ2n) is 5.78. The van der Waals surface area contributed by atoms with Crippen molar-refractivity contribution in [2.24, 2.45) is 0 Å². The number of amides is 1. The van der Waals surface area contributed by atoms with Crippen molar-refractivity contribution in [1.82, 2.24) is 4.90 Å². The summed E-state index contributed by atoms with van der Waals surface area (Å²) in [5, 5.41) is 9.70. The molecule has 0 aliphatic heterocycles. The molecular formula is C18H27NO3. The van der Waals surface area contributed by atoms with Gasteiger partial charge < -0.3 is 14.7 Å². The van der Waals surface area contributed by atoms with Gasteiger partial charge in [0.25, 0.3) is 0 Å². The molecule has 0 aliphatic carbocycles. The van der Waals surface area contributed by atoms with E-state index in [9.17, 15) is 9.90 Å². The lowest BCUT2D eigenvalue weighted by atomic mass is 10.1. The number of hydrogen-bond donors (Lipinski definition) is 1. The molecule has 0 unspecified atom stereocenters. The Morgan fingerprint density at radius 3 is 2.55 bits per heavy atom. The van der Waals surface area contributed by atoms with Crippen LogP contribution in [0.1, 0.15) is 39.7 Å². The van der Waals surface area contributed by atoms with Crippen molar-refractivity contribution in [3.05, 3.63) is 34.9 Å². The molecule has 1 aromatic carbocycles. The van der Waals surface area contributed by atoms with E-state index in [0.29, 0.717) is 17.9 Å². The van der Waals surface area contributed by atoms with Crippen molar-refractivity contribution in [2.75, 3.05) is 13.7 Å². The van der Waals surface area contributed by atoms with Crippen molar-refractivity contribution in [3.8, 4) is 11.5 Å². The van der Waals surface area contributed by atoms with Crippen LogP contribution in [0.3, 0.4) is 0 Å². The van der Waals surface area contributed by atoms with Gasteiger partial charge in [0.05, 0.1) is 0 Å². The van der Waals surface area contributed by atoms with Gasteiger partial charge >= 0.3 is 0 Å². The minimum atomic E-state index is 0.0306. The third-order valence-corrected chi connectivity index (χ3v) is 4.03. The van der Waals surface area contributed by atoms with Crippen LogP contribution in [-0.2, 0) is 4.79 Å². The fraction of sp³-hybridized carbons (Fsp3) is 0.500. The summed E-state index contributed by atoms with van der Waals surface area (Å²) in [6.45, 7) is 10.0. The zero-order valence-electron chi connectivity index (χ0n) is 14.4. The van der Waals surface area contributed by atoms with Crippen LogP contribution >= 0.6 is 0 Å². The third kappa shape index (κ3) is 4.26. The molecule has 0 bridgehead atoms. The molecule has 0 saturated carbocycles. The number of benzene rings is 1. The number of nitrogens with zero attached hydrogens (tertiary/aromatic N) is 1. The van der Waals surface area contributed by atoms with Crippen molar-refractivity contribution < 1.29 is 14.6 Å². The van der Waals surface area contributed by atoms with E-state index >= 15 is 0 Å². The molecule has 0 fully saturated rings. The Bertz CT molecular complexity index is 561. The van der Waals surface area contributed by atoms with Crippen molar-refractivity contribution in [3.63, 3.8) is 0 Å². The molecule has 1 rings (SSSR count). The third-order valence-electron chi connectivity index (χ3n) is 4.03. The summed E-state index contributed by atoms with van der Waals surface area (Å²) in [5.41, 5.74) is 2.41. The first-order chi connectivity index (χ1) is 10.3. The van der Waals surface area contributed by atoms with Crippen LogP contribution in [0, 0.1) is 6.92 Å². The van der Waals surface area contributed by atoms with Gasteiger partial charge in [0.15, 0.2) is 0 Å². The molecule has 0 aromatic heterocycles. The van der Waals surface area contributed by atoms with E-state index in [-0.39, 0.29) is 17.7 Å². The summed E-state index contributed by atoms with van der Waals surface area (Å²) in [6.07, 6.45) is 0.751. The summed E-state index contributed by atoms with van der Waals surface area (Å²) in [5.74, 6) is 0.887. The van der Waals surface area contributed by atoms with Gasteiger partial charge in [-0.05, 0) is 51.8 Å². The zero-order chi connectivity index (χ0) is 16.9. The Kier molecular flexibility index (Phi) is 6.47. The van der Waals surface area contributed by atoms with Crippen LogP contribution in [0.4, 0.5) is 0 Å². The normalized spacial score (nSPS) is 12.1. The summed E-state index contributed by atoms with van der Waals surface area (Å²) in [7, 11) is 1.81. The monoisotopic (exact) mass is 305 g/mol. The summed E-state index contributed by atoms with van der Waals surface area (Å²) in [4.78, 5) is 14.1. The predicted molar refractivity (Wildman–Crippen MR) is 89.2 cm³/mol. The van der Waals surface area contributed by atoms with Gasteiger partial charge in [-0.15, -0.1) is 0 Å². The number of carbonyl (C=O) groups excluding carboxylic acids is 1. The Hall–Kier alpha value is -1.97. The van der Waals surface area contributed by atoms with Crippen LogP contribution in [0.2, 0.25) is 0 Å². The minimum absolute atomic E-state index is 0.0306. The number of hydrogen-bond acceptors (Lipinski definition) is 3. The fourth-order valence-electron chi connectivity index (χ4n) is 2.05. The fourth-order valence-corrected chi connectivity index (χ4v) is 2.05. The molecule has 22 heavy (non-hydrogen) atoms. The standard InChI is InChI=1S/C18H27NO3/c1-7-15(13(4)18(21)19(6)12(2)3)11-22-17-10-8-9-16(20)14(17)5/h8-10,12,20H,7,11H2,1-6H3. The first-order valence-corrected chi connectivity index (χ1v) is 7.66. The molecular weight excluding hydrogens is 278 g/mol. The molecule has 0 heterocycles. The predicted octanol–water partition coefficient (Wildman–Crippen LogP) is 3.67. The molecule has 4 heteroatoms. The van der Waals surface area contributed by atoms with E-state index in [1.165, 1.54) is 0 Å². The van der Waals surface area contributed by atoms with Gasteiger partial charge in [0.2, 0.25) is 5.91 Å². The molecule has 0 saturated heterocycles. The SMILES string of the molecule is CCC(COc1cccc(O)c1C)=C(C)C(=O)N(C)C(C)C. The van der Waals surface area contributed by atoms with Crippen LogP contribution < -0.4 is 4.74 Å². The maximum Gasteiger partial charge on any atom is 0.249 e. The van der Waals surface area contributed by atoms with Gasteiger partial charge in [0.1, 0.15) is 18.1 Å². The quantitative estimate of drug-likeness (QED) is 0.816. The topological polar surface area (TPSA) is 49.8 Å². The Labute approximate surface area is 133 Å². The van der Waals surface area contributed by atoms with E-state index in [4.69, 9.17) is 4.74 Å². The summed E-state index contributed by atoms with van der Waals surface area (Å²) in [6, 6.07) is 5.36. The Morgan fingerprint density at radius 2 is 2.00 bits per heavy atom. The highest BCUT2D eigenvalue weighted by Gasteiger charge is 2.17. The number of likely N-dealkylation sites (N-methyl/N-ethyl adjacent to an activating group) is 1. The second-order valence-corrected chi connectivity index (χ2v) is 5.78. The molecule has 0 spiro atoms. The van der Waals surface area contributed by atoms with E-state index in [2.05, 4.69) is 0 Å². The second kappa shape index (κ2) is 7.87. The van der Waals surface area contributed by atoms with Gasteiger partial charge in [-0.3, -0.25) is 4.79 Å². The molecule has 122 valence electrons. The lowest BCUT2D eigenvalue weighted by Crippen LogP contribution is -2.34. The molecule has 1 N–H and O–H groups in total. The van der Waals surface area contributed by atoms with E-state index < -0.39 is 0 Å². The lowest BCUT2D eigenvalue weighted by Gasteiger charge is -2.23. The zero-order valence-corrected chi connectivity index (χ0v) is 14.4. The van der Waals surface area contributed by atoms with E-state index in [1.807, 2.05) is 47.7 Å². The Balaban J connectivity index is 2.90. The number of phenols is 1. The van der Waals surface area contributed by atoms with Crippen molar-refractivity contribution in [2.45, 2.75) is 47.1 Å². The molecule has 0 atom stereocenters. The maximum atomic E-state index is 12.4. The van der Waals surface area contributed by atoms with Crippen molar-refractivity contribution in [1.29, 1.82) is 0 Å². The van der Waals surface area contributed by atoms with E-state index in [1.54, 1.807) is 17.0 Å². The average Bonchev–Trinajstić information content (AvgIpc) is 2.49. The van der Waals surface area contributed by atoms with Crippen LogP contribution in [0.25, 0.3) is 0 Å². The van der Waals surface area contributed by atoms with Crippen LogP contribution in [0.15, 0.2) is 29.3 Å². The van der Waals surface area contributed by atoms with Crippen molar-refractivity contribution >= 4 is 5.91 Å².